The van der Waals surface area contributed by atoms with Gasteiger partial charge in [0.1, 0.15) is 11.4 Å². The number of carbonyl (C=O) groups excluding carboxylic acids is 1. The van der Waals surface area contributed by atoms with E-state index >= 15 is 0 Å². The van der Waals surface area contributed by atoms with Gasteiger partial charge in [-0.15, -0.1) is 0 Å². The van der Waals surface area contributed by atoms with Crippen molar-refractivity contribution in [1.82, 2.24) is 10.2 Å². The number of nitrogens with two attached hydrogens (primary N) is 1. The minimum atomic E-state index is -0.466. The summed E-state index contributed by atoms with van der Waals surface area (Å²) >= 11 is 0. The van der Waals surface area contributed by atoms with Gasteiger partial charge in [0.25, 0.3) is 0 Å². The fourth-order valence-electron chi connectivity index (χ4n) is 2.93. The van der Waals surface area contributed by atoms with Gasteiger partial charge in [0.05, 0.1) is 7.11 Å². The number of piperidine rings is 1. The lowest BCUT2D eigenvalue weighted by molar-refractivity contribution is 0.0150. The highest BCUT2D eigenvalue weighted by Gasteiger charge is 2.35. The summed E-state index contributed by atoms with van der Waals surface area (Å²) in [4.78, 5) is 14.0. The average Bonchev–Trinajstić information content (AvgIpc) is 2.59. The molecule has 0 radical (unpaired) electrons. The van der Waals surface area contributed by atoms with Gasteiger partial charge in [-0.2, -0.15) is 0 Å². The van der Waals surface area contributed by atoms with Gasteiger partial charge in [0, 0.05) is 31.7 Å². The molecule has 140 valence electrons. The van der Waals surface area contributed by atoms with Crippen LogP contribution in [0.1, 0.15) is 39.2 Å². The monoisotopic (exact) mass is 349 g/mol. The first-order chi connectivity index (χ1) is 11.8. The lowest BCUT2D eigenvalue weighted by Crippen LogP contribution is -2.58. The van der Waals surface area contributed by atoms with Crippen molar-refractivity contribution in [3.63, 3.8) is 0 Å². The molecule has 0 aliphatic carbocycles. The summed E-state index contributed by atoms with van der Waals surface area (Å²) < 4.78 is 10.6. The molecule has 0 atom stereocenters. The smallest absolute Gasteiger partial charge is 0.410 e. The van der Waals surface area contributed by atoms with Crippen LogP contribution < -0.4 is 15.8 Å². The Hall–Kier alpha value is -1.79. The Morgan fingerprint density at radius 2 is 1.84 bits per heavy atom. The predicted octanol–water partition coefficient (Wildman–Crippen LogP) is 2.51. The van der Waals surface area contributed by atoms with Gasteiger partial charge in [-0.25, -0.2) is 4.79 Å². The molecule has 1 aromatic rings. The summed E-state index contributed by atoms with van der Waals surface area (Å²) in [5, 5.41) is 3.60. The number of carbonyl (C=O) groups is 1. The van der Waals surface area contributed by atoms with E-state index in [-0.39, 0.29) is 11.6 Å². The van der Waals surface area contributed by atoms with E-state index in [2.05, 4.69) is 5.32 Å². The van der Waals surface area contributed by atoms with Gasteiger partial charge in [0.15, 0.2) is 0 Å². The maximum Gasteiger partial charge on any atom is 0.410 e. The quantitative estimate of drug-likeness (QED) is 0.854. The first-order valence-corrected chi connectivity index (χ1v) is 8.83. The van der Waals surface area contributed by atoms with Crippen LogP contribution in [0.3, 0.4) is 0 Å². The Morgan fingerprint density at radius 3 is 2.32 bits per heavy atom. The lowest BCUT2D eigenvalue weighted by atomic mass is 9.87. The molecule has 1 aliphatic heterocycles. The predicted molar refractivity (Wildman–Crippen MR) is 98.7 cm³/mol. The van der Waals surface area contributed by atoms with Crippen LogP contribution in [0.25, 0.3) is 0 Å². The number of nitrogens with zero attached hydrogens (tertiary/aromatic N) is 1. The minimum absolute atomic E-state index is 0.140. The van der Waals surface area contributed by atoms with Gasteiger partial charge in [-0.1, -0.05) is 12.1 Å². The van der Waals surface area contributed by atoms with Crippen LogP contribution in [0.4, 0.5) is 4.79 Å². The zero-order valence-electron chi connectivity index (χ0n) is 15.8. The third-order valence-electron chi connectivity index (χ3n) is 4.59. The van der Waals surface area contributed by atoms with Crippen molar-refractivity contribution < 1.29 is 14.3 Å². The summed E-state index contributed by atoms with van der Waals surface area (Å²) in [7, 11) is 1.66. The summed E-state index contributed by atoms with van der Waals surface area (Å²) in [6.07, 6.45) is 1.39. The second-order valence-corrected chi connectivity index (χ2v) is 7.65. The molecule has 0 bridgehead atoms. The first-order valence-electron chi connectivity index (χ1n) is 8.83. The van der Waals surface area contributed by atoms with Crippen LogP contribution in [-0.2, 0) is 11.3 Å². The molecule has 0 unspecified atom stereocenters. The topological polar surface area (TPSA) is 76.8 Å². The molecule has 0 aromatic heterocycles. The van der Waals surface area contributed by atoms with E-state index in [9.17, 15) is 4.79 Å². The fourth-order valence-corrected chi connectivity index (χ4v) is 2.93. The molecule has 6 heteroatoms. The summed E-state index contributed by atoms with van der Waals surface area (Å²) in [6.45, 7) is 8.25. The molecule has 1 heterocycles. The molecule has 1 fully saturated rings. The largest absolute Gasteiger partial charge is 0.497 e. The van der Waals surface area contributed by atoms with Crippen molar-refractivity contribution in [2.75, 3.05) is 26.7 Å². The van der Waals surface area contributed by atoms with Crippen LogP contribution in [0.2, 0.25) is 0 Å². The van der Waals surface area contributed by atoms with E-state index in [1.54, 1.807) is 12.0 Å². The average molecular weight is 349 g/mol. The highest BCUT2D eigenvalue weighted by Crippen LogP contribution is 2.24. The van der Waals surface area contributed by atoms with Gasteiger partial charge in [0.2, 0.25) is 0 Å². The molecule has 6 nitrogen and oxygen atoms in total. The Balaban J connectivity index is 1.88. The summed E-state index contributed by atoms with van der Waals surface area (Å²) in [6, 6.07) is 8.01. The van der Waals surface area contributed by atoms with Crippen molar-refractivity contribution >= 4 is 6.09 Å². The SMILES string of the molecule is COc1ccc(CNC2(CN)CCN(C(=O)OC(C)(C)C)CC2)cc1. The molecule has 1 aliphatic rings. The Labute approximate surface area is 150 Å². The molecule has 1 amide bonds. The Kier molecular flexibility index (Phi) is 6.30. The maximum absolute atomic E-state index is 12.2. The van der Waals surface area contributed by atoms with Crippen molar-refractivity contribution in [2.24, 2.45) is 5.73 Å². The zero-order chi connectivity index (χ0) is 18.5. The van der Waals surface area contributed by atoms with Gasteiger partial charge in [-0.05, 0) is 51.3 Å². The summed E-state index contributed by atoms with van der Waals surface area (Å²) in [5.41, 5.74) is 6.63. The molecule has 3 N–H and O–H groups in total. The number of hydrogen-bond donors (Lipinski definition) is 2. The normalized spacial score (nSPS) is 17.2. The molecule has 25 heavy (non-hydrogen) atoms. The van der Waals surface area contributed by atoms with Crippen molar-refractivity contribution in [3.05, 3.63) is 29.8 Å². The first kappa shape index (κ1) is 19.5. The molecule has 1 saturated heterocycles. The third kappa shape index (κ3) is 5.61. The second kappa shape index (κ2) is 8.06. The summed E-state index contributed by atoms with van der Waals surface area (Å²) in [5.74, 6) is 0.850. The van der Waals surface area contributed by atoms with Crippen molar-refractivity contribution in [2.45, 2.75) is 51.3 Å². The van der Waals surface area contributed by atoms with Gasteiger partial charge < -0.3 is 25.4 Å². The maximum atomic E-state index is 12.2. The van der Waals surface area contributed by atoms with E-state index in [1.165, 1.54) is 5.56 Å². The molecule has 0 saturated carbocycles. The van der Waals surface area contributed by atoms with E-state index < -0.39 is 5.60 Å². The van der Waals surface area contributed by atoms with Crippen LogP contribution in [0, 0.1) is 0 Å². The number of amides is 1. The van der Waals surface area contributed by atoms with Crippen LogP contribution in [0.5, 0.6) is 5.75 Å². The fraction of sp³-hybridized carbons (Fsp3) is 0.632. The number of nitrogens with one attached hydrogen (secondary N) is 1. The van der Waals surface area contributed by atoms with Crippen LogP contribution in [-0.4, -0.2) is 48.9 Å². The van der Waals surface area contributed by atoms with E-state index in [4.69, 9.17) is 15.2 Å². The number of ether oxygens (including phenoxy) is 2. The number of rotatable bonds is 5. The number of hydrogen-bond acceptors (Lipinski definition) is 5. The van der Waals surface area contributed by atoms with Gasteiger partial charge in [-0.3, -0.25) is 0 Å². The van der Waals surface area contributed by atoms with Crippen molar-refractivity contribution in [3.8, 4) is 5.75 Å². The van der Waals surface area contributed by atoms with Gasteiger partial charge >= 0.3 is 6.09 Å². The molecule has 0 spiro atoms. The van der Waals surface area contributed by atoms with E-state index in [0.29, 0.717) is 19.6 Å². The highest BCUT2D eigenvalue weighted by atomic mass is 16.6. The minimum Gasteiger partial charge on any atom is -0.497 e. The highest BCUT2D eigenvalue weighted by molar-refractivity contribution is 5.68. The van der Waals surface area contributed by atoms with E-state index in [0.717, 1.165) is 25.1 Å². The second-order valence-electron chi connectivity index (χ2n) is 7.65. The zero-order valence-corrected chi connectivity index (χ0v) is 15.8. The number of likely N-dealkylation sites (tertiary alicyclic amines) is 1. The molecular weight excluding hydrogens is 318 g/mol. The standard InChI is InChI=1S/C19H31N3O3/c1-18(2,3)25-17(23)22-11-9-19(14-20,10-12-22)21-13-15-5-7-16(24-4)8-6-15/h5-8,21H,9-14,20H2,1-4H3. The Morgan fingerprint density at radius 1 is 1.24 bits per heavy atom. The third-order valence-corrected chi connectivity index (χ3v) is 4.59. The van der Waals surface area contributed by atoms with Crippen LogP contribution in [0.15, 0.2) is 24.3 Å². The molecule has 1 aromatic carbocycles. The molecular formula is C19H31N3O3. The van der Waals surface area contributed by atoms with E-state index in [1.807, 2.05) is 45.0 Å². The Bertz CT molecular complexity index is 558. The lowest BCUT2D eigenvalue weighted by Gasteiger charge is -2.42. The number of methoxy groups -OCH3 is 1. The van der Waals surface area contributed by atoms with Crippen molar-refractivity contribution in [1.29, 1.82) is 0 Å². The van der Waals surface area contributed by atoms with Crippen LogP contribution >= 0.6 is 0 Å². The molecule has 2 rings (SSSR count). The number of benzene rings is 1.